The lowest BCUT2D eigenvalue weighted by Gasteiger charge is -2.29. The molecule has 0 radical (unpaired) electrons. The van der Waals surface area contributed by atoms with E-state index in [-0.39, 0.29) is 0 Å². The van der Waals surface area contributed by atoms with Gasteiger partial charge < -0.3 is 4.90 Å². The highest BCUT2D eigenvalue weighted by molar-refractivity contribution is 14.1. The van der Waals surface area contributed by atoms with Gasteiger partial charge in [-0.3, -0.25) is 0 Å². The van der Waals surface area contributed by atoms with Crippen LogP contribution in [0.25, 0.3) is 0 Å². The van der Waals surface area contributed by atoms with Gasteiger partial charge >= 0.3 is 0 Å². The van der Waals surface area contributed by atoms with Gasteiger partial charge in [0.25, 0.3) is 0 Å². The molecule has 0 saturated carbocycles. The van der Waals surface area contributed by atoms with E-state index in [1.165, 1.54) is 41.6 Å². The van der Waals surface area contributed by atoms with Crippen LogP contribution in [0.5, 0.6) is 0 Å². The fourth-order valence-corrected chi connectivity index (χ4v) is 3.09. The van der Waals surface area contributed by atoms with Crippen LogP contribution >= 0.6 is 34.2 Å². The molecule has 2 rings (SSSR count). The van der Waals surface area contributed by atoms with Crippen LogP contribution in [0.15, 0.2) is 18.2 Å². The highest BCUT2D eigenvalue weighted by atomic mass is 127. The zero-order chi connectivity index (χ0) is 9.97. The summed E-state index contributed by atoms with van der Waals surface area (Å²) in [5.41, 5.74) is 1.34. The quantitative estimate of drug-likeness (QED) is 0.708. The predicted octanol–water partition coefficient (Wildman–Crippen LogP) is 3.93. The Morgan fingerprint density at radius 1 is 1.14 bits per heavy atom. The maximum atomic E-state index is 5.93. The Kier molecular flexibility index (Phi) is 3.55. The highest BCUT2D eigenvalue weighted by Crippen LogP contribution is 2.27. The monoisotopic (exact) mass is 321 g/mol. The number of nitrogens with zero attached hydrogens (tertiary/aromatic N) is 1. The van der Waals surface area contributed by atoms with Gasteiger partial charge in [0.05, 0.1) is 5.69 Å². The average Bonchev–Trinajstić information content (AvgIpc) is 2.19. The lowest BCUT2D eigenvalue weighted by Crippen LogP contribution is -2.29. The summed E-state index contributed by atoms with van der Waals surface area (Å²) in [6.07, 6.45) is 4.01. The summed E-state index contributed by atoms with van der Waals surface area (Å²) in [4.78, 5) is 2.46. The number of rotatable bonds is 1. The maximum Gasteiger partial charge on any atom is 0.0502 e. The second kappa shape index (κ2) is 4.71. The van der Waals surface area contributed by atoms with Crippen molar-refractivity contribution in [2.45, 2.75) is 19.3 Å². The van der Waals surface area contributed by atoms with E-state index in [4.69, 9.17) is 11.6 Å². The Morgan fingerprint density at radius 2 is 1.86 bits per heavy atom. The molecule has 0 aliphatic carbocycles. The summed E-state index contributed by atoms with van der Waals surface area (Å²) in [7, 11) is 0. The van der Waals surface area contributed by atoms with Gasteiger partial charge in [0.2, 0.25) is 0 Å². The molecule has 1 aromatic rings. The first-order valence-corrected chi connectivity index (χ1v) is 6.43. The van der Waals surface area contributed by atoms with E-state index in [0.29, 0.717) is 0 Å². The van der Waals surface area contributed by atoms with Crippen LogP contribution in [-0.4, -0.2) is 13.1 Å². The smallest absolute Gasteiger partial charge is 0.0502 e. The largest absolute Gasteiger partial charge is 0.371 e. The molecule has 0 amide bonds. The summed E-state index contributed by atoms with van der Waals surface area (Å²) in [6, 6.07) is 6.15. The van der Waals surface area contributed by atoms with E-state index in [1.54, 1.807) is 0 Å². The minimum absolute atomic E-state index is 0.829. The molecule has 14 heavy (non-hydrogen) atoms. The fraction of sp³-hybridized carbons (Fsp3) is 0.455. The van der Waals surface area contributed by atoms with Gasteiger partial charge in [-0.1, -0.05) is 11.6 Å². The molecular formula is C11H13ClIN. The SMILES string of the molecule is Clc1ccc(N2CCCCC2)c(I)c1. The van der Waals surface area contributed by atoms with Crippen molar-refractivity contribution < 1.29 is 0 Å². The summed E-state index contributed by atoms with van der Waals surface area (Å²) >= 11 is 8.29. The van der Waals surface area contributed by atoms with E-state index >= 15 is 0 Å². The summed E-state index contributed by atoms with van der Waals surface area (Å²) in [5.74, 6) is 0. The van der Waals surface area contributed by atoms with Gasteiger partial charge in [0.15, 0.2) is 0 Å². The van der Waals surface area contributed by atoms with Gasteiger partial charge in [-0.15, -0.1) is 0 Å². The maximum absolute atomic E-state index is 5.93. The second-order valence-electron chi connectivity index (χ2n) is 3.64. The van der Waals surface area contributed by atoms with Crippen LogP contribution < -0.4 is 4.90 Å². The number of hydrogen-bond donors (Lipinski definition) is 0. The molecule has 0 aromatic heterocycles. The van der Waals surface area contributed by atoms with E-state index in [2.05, 4.69) is 33.6 Å². The third kappa shape index (κ3) is 2.34. The molecule has 0 spiro atoms. The van der Waals surface area contributed by atoms with E-state index in [9.17, 15) is 0 Å². The Bertz CT molecular complexity index is 321. The number of hydrogen-bond acceptors (Lipinski definition) is 1. The minimum Gasteiger partial charge on any atom is -0.371 e. The standard InChI is InChI=1S/C11H13ClIN/c12-9-4-5-11(10(13)8-9)14-6-2-1-3-7-14/h4-5,8H,1-3,6-7H2. The molecule has 1 aliphatic rings. The predicted molar refractivity (Wildman–Crippen MR) is 70.2 cm³/mol. The topological polar surface area (TPSA) is 3.24 Å². The van der Waals surface area contributed by atoms with Crippen molar-refractivity contribution in [1.29, 1.82) is 0 Å². The van der Waals surface area contributed by atoms with Crippen LogP contribution in [0.2, 0.25) is 5.02 Å². The normalized spacial score (nSPS) is 17.1. The molecular weight excluding hydrogens is 308 g/mol. The first-order valence-electron chi connectivity index (χ1n) is 4.97. The van der Waals surface area contributed by atoms with E-state index in [0.717, 1.165) is 5.02 Å². The van der Waals surface area contributed by atoms with Gasteiger partial charge in [-0.05, 0) is 60.1 Å². The van der Waals surface area contributed by atoms with Crippen LogP contribution in [0.3, 0.4) is 0 Å². The molecule has 0 unspecified atom stereocenters. The lowest BCUT2D eigenvalue weighted by atomic mass is 10.1. The minimum atomic E-state index is 0.829. The van der Waals surface area contributed by atoms with Crippen molar-refractivity contribution in [3.63, 3.8) is 0 Å². The van der Waals surface area contributed by atoms with Crippen molar-refractivity contribution >= 4 is 39.9 Å². The van der Waals surface area contributed by atoms with Crippen molar-refractivity contribution in [3.8, 4) is 0 Å². The molecule has 1 fully saturated rings. The Balaban J connectivity index is 2.22. The molecule has 1 heterocycles. The first kappa shape index (κ1) is 10.6. The zero-order valence-electron chi connectivity index (χ0n) is 7.97. The molecule has 1 aromatic carbocycles. The zero-order valence-corrected chi connectivity index (χ0v) is 10.9. The van der Waals surface area contributed by atoms with Gasteiger partial charge in [-0.25, -0.2) is 0 Å². The molecule has 0 N–H and O–H groups in total. The Labute approximate surface area is 104 Å². The number of benzene rings is 1. The molecule has 3 heteroatoms. The first-order chi connectivity index (χ1) is 6.77. The van der Waals surface area contributed by atoms with E-state index in [1.807, 2.05) is 12.1 Å². The van der Waals surface area contributed by atoms with Crippen LogP contribution in [0, 0.1) is 3.57 Å². The summed E-state index contributed by atoms with van der Waals surface area (Å²) in [6.45, 7) is 2.38. The van der Waals surface area contributed by atoms with Crippen molar-refractivity contribution in [1.82, 2.24) is 0 Å². The van der Waals surface area contributed by atoms with Gasteiger partial charge in [-0.2, -0.15) is 0 Å². The summed E-state index contributed by atoms with van der Waals surface area (Å²) in [5, 5.41) is 0.829. The summed E-state index contributed by atoms with van der Waals surface area (Å²) < 4.78 is 1.26. The fourth-order valence-electron chi connectivity index (χ4n) is 1.87. The van der Waals surface area contributed by atoms with Crippen LogP contribution in [0.1, 0.15) is 19.3 Å². The van der Waals surface area contributed by atoms with Crippen molar-refractivity contribution in [3.05, 3.63) is 26.8 Å². The third-order valence-electron chi connectivity index (χ3n) is 2.61. The van der Waals surface area contributed by atoms with E-state index < -0.39 is 0 Å². The van der Waals surface area contributed by atoms with Crippen LogP contribution in [0.4, 0.5) is 5.69 Å². The second-order valence-corrected chi connectivity index (χ2v) is 5.24. The van der Waals surface area contributed by atoms with Crippen molar-refractivity contribution in [2.75, 3.05) is 18.0 Å². The Morgan fingerprint density at radius 3 is 2.50 bits per heavy atom. The number of piperidine rings is 1. The molecule has 0 atom stereocenters. The average molecular weight is 322 g/mol. The highest BCUT2D eigenvalue weighted by Gasteiger charge is 2.13. The molecule has 76 valence electrons. The number of anilines is 1. The third-order valence-corrected chi connectivity index (χ3v) is 3.71. The van der Waals surface area contributed by atoms with Crippen molar-refractivity contribution in [2.24, 2.45) is 0 Å². The molecule has 1 aliphatic heterocycles. The molecule has 1 saturated heterocycles. The van der Waals surface area contributed by atoms with Gasteiger partial charge in [0.1, 0.15) is 0 Å². The lowest BCUT2D eigenvalue weighted by molar-refractivity contribution is 0.577. The molecule has 0 bridgehead atoms. The van der Waals surface area contributed by atoms with Crippen LogP contribution in [-0.2, 0) is 0 Å². The molecule has 1 nitrogen and oxygen atoms in total. The van der Waals surface area contributed by atoms with Gasteiger partial charge in [0, 0.05) is 21.7 Å². The number of halogens is 2. The Hall–Kier alpha value is 0.0400.